The third kappa shape index (κ3) is 10.3. The van der Waals surface area contributed by atoms with Crippen molar-refractivity contribution in [3.8, 4) is 11.3 Å². The standard InChI is InChI=1S/C27H32N4O4S.C4H8F2/c1-7-8-18-9-10-19(13-21(18)17(2)32)23-16-36-26(29-23)30-25(34)22(15-35-6)28-24(33)20-11-12-31(14-20)27(3,4)5;1-2-3-4(5)6/h7-14,16,22H,15H2,1-6H3,(H,28,33)(H,29,30,34);4H,2-3H2,1H3/b8-7-;. The van der Waals surface area contributed by atoms with Crippen molar-refractivity contribution in [3.63, 3.8) is 0 Å². The van der Waals surface area contributed by atoms with Gasteiger partial charge in [0.15, 0.2) is 10.9 Å². The molecule has 1 aromatic carbocycles. The summed E-state index contributed by atoms with van der Waals surface area (Å²) in [6.45, 7) is 11.3. The molecule has 228 valence electrons. The number of hydrogen-bond acceptors (Lipinski definition) is 6. The van der Waals surface area contributed by atoms with E-state index in [0.717, 1.165) is 11.1 Å². The number of methoxy groups -OCH3 is 1. The van der Waals surface area contributed by atoms with Gasteiger partial charge >= 0.3 is 0 Å². The Morgan fingerprint density at radius 2 is 1.90 bits per heavy atom. The van der Waals surface area contributed by atoms with Crippen molar-refractivity contribution in [2.75, 3.05) is 19.0 Å². The van der Waals surface area contributed by atoms with Crippen LogP contribution >= 0.6 is 11.3 Å². The molecule has 3 aromatic rings. The van der Waals surface area contributed by atoms with E-state index < -0.39 is 18.4 Å². The van der Waals surface area contributed by atoms with Crippen LogP contribution in [0.25, 0.3) is 17.3 Å². The van der Waals surface area contributed by atoms with Gasteiger partial charge in [0.1, 0.15) is 6.04 Å². The molecule has 2 N–H and O–H groups in total. The fourth-order valence-corrected chi connectivity index (χ4v) is 4.48. The first-order chi connectivity index (χ1) is 19.8. The molecule has 2 amide bonds. The number of anilines is 1. The second kappa shape index (κ2) is 16.1. The summed E-state index contributed by atoms with van der Waals surface area (Å²) in [7, 11) is 1.47. The highest BCUT2D eigenvalue weighted by Gasteiger charge is 2.24. The summed E-state index contributed by atoms with van der Waals surface area (Å²) in [5.74, 6) is -0.841. The van der Waals surface area contributed by atoms with E-state index in [-0.39, 0.29) is 30.3 Å². The number of nitrogens with zero attached hydrogens (tertiary/aromatic N) is 2. The molecule has 0 aliphatic carbocycles. The maximum absolute atomic E-state index is 12.9. The number of aromatic nitrogens is 2. The molecule has 1 unspecified atom stereocenters. The monoisotopic (exact) mass is 602 g/mol. The lowest BCUT2D eigenvalue weighted by atomic mass is 9.99. The predicted octanol–water partition coefficient (Wildman–Crippen LogP) is 7.04. The average Bonchev–Trinajstić information content (AvgIpc) is 3.59. The number of thiazole rings is 1. The summed E-state index contributed by atoms with van der Waals surface area (Å²) < 4.78 is 29.2. The minimum atomic E-state index is -2.10. The number of alkyl halides is 2. The first-order valence-corrected chi connectivity index (χ1v) is 14.5. The van der Waals surface area contributed by atoms with Crippen LogP contribution in [0.15, 0.2) is 48.1 Å². The van der Waals surface area contributed by atoms with Crippen LogP contribution in [0, 0.1) is 0 Å². The molecule has 0 bridgehead atoms. The molecule has 0 fully saturated rings. The minimum Gasteiger partial charge on any atom is -0.382 e. The number of halogens is 2. The zero-order valence-electron chi connectivity index (χ0n) is 25.2. The third-order valence-corrected chi connectivity index (χ3v) is 6.76. The van der Waals surface area contributed by atoms with E-state index in [4.69, 9.17) is 4.74 Å². The van der Waals surface area contributed by atoms with Crippen molar-refractivity contribution in [2.24, 2.45) is 0 Å². The van der Waals surface area contributed by atoms with Gasteiger partial charge in [-0.1, -0.05) is 37.6 Å². The van der Waals surface area contributed by atoms with Gasteiger partial charge in [-0.2, -0.15) is 0 Å². The second-order valence-electron chi connectivity index (χ2n) is 10.5. The Labute approximate surface area is 250 Å². The molecule has 3 rings (SSSR count). The Bertz CT molecular complexity index is 1380. The number of hydrogen-bond donors (Lipinski definition) is 2. The molecular weight excluding hydrogens is 562 g/mol. The highest BCUT2D eigenvalue weighted by Crippen LogP contribution is 2.27. The number of nitrogens with one attached hydrogen (secondary N) is 2. The van der Waals surface area contributed by atoms with E-state index in [1.54, 1.807) is 25.3 Å². The summed E-state index contributed by atoms with van der Waals surface area (Å²) in [6.07, 6.45) is 5.87. The van der Waals surface area contributed by atoms with E-state index in [1.165, 1.54) is 25.4 Å². The molecule has 0 spiro atoms. The van der Waals surface area contributed by atoms with E-state index >= 15 is 0 Å². The van der Waals surface area contributed by atoms with E-state index in [0.29, 0.717) is 28.4 Å². The lowest BCUT2D eigenvalue weighted by Crippen LogP contribution is -2.46. The zero-order chi connectivity index (χ0) is 31.4. The normalized spacial score (nSPS) is 12.1. The van der Waals surface area contributed by atoms with Crippen molar-refractivity contribution in [1.29, 1.82) is 0 Å². The van der Waals surface area contributed by atoms with Crippen LogP contribution in [-0.2, 0) is 15.1 Å². The Hall–Kier alpha value is -3.70. The van der Waals surface area contributed by atoms with E-state index in [2.05, 4.69) is 15.6 Å². The van der Waals surface area contributed by atoms with E-state index in [1.807, 2.05) is 68.1 Å². The molecule has 2 aromatic heterocycles. The van der Waals surface area contributed by atoms with Gasteiger partial charge in [0, 0.05) is 48.0 Å². The van der Waals surface area contributed by atoms with Crippen molar-refractivity contribution in [1.82, 2.24) is 14.9 Å². The van der Waals surface area contributed by atoms with Gasteiger partial charge in [-0.25, -0.2) is 13.8 Å². The van der Waals surface area contributed by atoms with Crippen LogP contribution < -0.4 is 10.6 Å². The number of ketones is 1. The molecule has 42 heavy (non-hydrogen) atoms. The molecule has 2 heterocycles. The summed E-state index contributed by atoms with van der Waals surface area (Å²) in [5.41, 5.74) is 3.15. The Morgan fingerprint density at radius 1 is 1.19 bits per heavy atom. The lowest BCUT2D eigenvalue weighted by molar-refractivity contribution is -0.119. The molecule has 1 atom stereocenters. The molecule has 8 nitrogen and oxygen atoms in total. The summed E-state index contributed by atoms with van der Waals surface area (Å²) >= 11 is 1.26. The number of carbonyl (C=O) groups excluding carboxylic acids is 3. The van der Waals surface area contributed by atoms with Gasteiger partial charge in [0.2, 0.25) is 6.43 Å². The molecule has 11 heteroatoms. The Morgan fingerprint density at radius 3 is 2.43 bits per heavy atom. The fraction of sp³-hybridized carbons (Fsp3) is 0.419. The van der Waals surface area contributed by atoms with Crippen LogP contribution in [0.1, 0.15) is 80.7 Å². The summed E-state index contributed by atoms with van der Waals surface area (Å²) in [5, 5.41) is 7.69. The van der Waals surface area contributed by atoms with Gasteiger partial charge in [0.25, 0.3) is 11.8 Å². The maximum atomic E-state index is 12.9. The molecular formula is C31H40F2N4O4S. The van der Waals surface area contributed by atoms with Gasteiger partial charge in [-0.3, -0.25) is 14.4 Å². The smallest absolute Gasteiger partial charge is 0.253 e. The number of benzene rings is 1. The SMILES string of the molecule is C/C=C\c1ccc(-c2csc(NC(=O)C(COC)NC(=O)c3ccn(C(C)(C)C)c3)n2)cc1C(C)=O.CCCC(F)F. The van der Waals surface area contributed by atoms with Gasteiger partial charge in [-0.05, 0) is 52.3 Å². The van der Waals surface area contributed by atoms with Crippen molar-refractivity contribution < 1.29 is 27.9 Å². The molecule has 0 aliphatic rings. The lowest BCUT2D eigenvalue weighted by Gasteiger charge is -2.21. The first kappa shape index (κ1) is 34.5. The summed E-state index contributed by atoms with van der Waals surface area (Å²) in [6, 6.07) is 6.38. The van der Waals surface area contributed by atoms with E-state index in [9.17, 15) is 23.2 Å². The average molecular weight is 603 g/mol. The number of ether oxygens (including phenoxy) is 1. The number of Topliss-reactive ketones (excluding diaryl/α,β-unsaturated/α-hetero) is 1. The number of rotatable bonds is 11. The number of allylic oxidation sites excluding steroid dienone is 1. The fourth-order valence-electron chi connectivity index (χ4n) is 3.76. The minimum absolute atomic E-state index is 0.00413. The predicted molar refractivity (Wildman–Crippen MR) is 164 cm³/mol. The van der Waals surface area contributed by atoms with Gasteiger partial charge < -0.3 is 19.9 Å². The van der Waals surface area contributed by atoms with Crippen LogP contribution in [0.5, 0.6) is 0 Å². The topological polar surface area (TPSA) is 102 Å². The van der Waals surface area contributed by atoms with Crippen molar-refractivity contribution in [3.05, 3.63) is 64.8 Å². The molecule has 0 radical (unpaired) electrons. The largest absolute Gasteiger partial charge is 0.382 e. The number of amides is 2. The first-order valence-electron chi connectivity index (χ1n) is 13.6. The van der Waals surface area contributed by atoms with Crippen LogP contribution in [0.2, 0.25) is 0 Å². The number of carbonyl (C=O) groups is 3. The van der Waals surface area contributed by atoms with Crippen LogP contribution in [-0.4, -0.2) is 53.3 Å². The van der Waals surface area contributed by atoms with Crippen LogP contribution in [0.4, 0.5) is 13.9 Å². The Kier molecular flexibility index (Phi) is 13.2. The van der Waals surface area contributed by atoms with Gasteiger partial charge in [0.05, 0.1) is 17.9 Å². The highest BCUT2D eigenvalue weighted by molar-refractivity contribution is 7.14. The molecule has 0 aliphatic heterocycles. The highest BCUT2D eigenvalue weighted by atomic mass is 32.1. The maximum Gasteiger partial charge on any atom is 0.253 e. The quantitative estimate of drug-likeness (QED) is 0.229. The summed E-state index contributed by atoms with van der Waals surface area (Å²) in [4.78, 5) is 42.3. The third-order valence-electron chi connectivity index (χ3n) is 6.00. The van der Waals surface area contributed by atoms with Crippen molar-refractivity contribution >= 4 is 40.1 Å². The van der Waals surface area contributed by atoms with Crippen molar-refractivity contribution in [2.45, 2.75) is 72.4 Å². The second-order valence-corrected chi connectivity index (χ2v) is 11.4. The zero-order valence-corrected chi connectivity index (χ0v) is 26.0. The molecule has 0 saturated carbocycles. The van der Waals surface area contributed by atoms with Crippen LogP contribution in [0.3, 0.4) is 0 Å². The molecule has 0 saturated heterocycles. The van der Waals surface area contributed by atoms with Gasteiger partial charge in [-0.15, -0.1) is 11.3 Å². The Balaban J connectivity index is 0.000000928.